The summed E-state index contributed by atoms with van der Waals surface area (Å²) < 4.78 is 0. The predicted molar refractivity (Wildman–Crippen MR) is 45.6 cm³/mol. The summed E-state index contributed by atoms with van der Waals surface area (Å²) in [6, 6.07) is 0. The highest BCUT2D eigenvalue weighted by Gasteiger charge is 2.62. The third-order valence-electron chi connectivity index (χ3n) is 3.90. The van der Waals surface area contributed by atoms with Crippen LogP contribution in [0.4, 0.5) is 0 Å². The van der Waals surface area contributed by atoms with Gasteiger partial charge in [0.1, 0.15) is 5.78 Å². The third kappa shape index (κ3) is 0.717. The van der Waals surface area contributed by atoms with E-state index >= 15 is 0 Å². The molecule has 0 heterocycles. The van der Waals surface area contributed by atoms with Crippen LogP contribution in [0.25, 0.3) is 0 Å². The molecule has 2 rings (SSSR count). The Morgan fingerprint density at radius 2 is 2.00 bits per heavy atom. The molecular formula is C10H16O2. The zero-order valence-corrected chi connectivity index (χ0v) is 7.92. The maximum absolute atomic E-state index is 11.5. The van der Waals surface area contributed by atoms with Gasteiger partial charge in [-0.3, -0.25) is 4.79 Å². The molecular weight excluding hydrogens is 152 g/mol. The summed E-state index contributed by atoms with van der Waals surface area (Å²) in [4.78, 5) is 11.5. The predicted octanol–water partition coefficient (Wildman–Crippen LogP) is 1.37. The molecule has 0 aromatic heterocycles. The first-order valence-electron chi connectivity index (χ1n) is 4.59. The van der Waals surface area contributed by atoms with Crippen molar-refractivity contribution in [2.24, 2.45) is 16.7 Å². The highest BCUT2D eigenvalue weighted by molar-refractivity contribution is 5.86. The quantitative estimate of drug-likeness (QED) is 0.593. The second kappa shape index (κ2) is 1.92. The van der Waals surface area contributed by atoms with E-state index in [-0.39, 0.29) is 22.9 Å². The number of hydrogen-bond acceptors (Lipinski definition) is 2. The minimum atomic E-state index is -0.298. The maximum atomic E-state index is 11.5. The summed E-state index contributed by atoms with van der Waals surface area (Å²) >= 11 is 0. The van der Waals surface area contributed by atoms with Crippen molar-refractivity contribution >= 4 is 5.78 Å². The number of fused-ring (bicyclic) bond motifs is 2. The first-order chi connectivity index (χ1) is 5.38. The zero-order chi connectivity index (χ0) is 9.15. The molecule has 0 spiro atoms. The van der Waals surface area contributed by atoms with Crippen LogP contribution in [0.5, 0.6) is 0 Å². The van der Waals surface area contributed by atoms with E-state index in [1.54, 1.807) is 0 Å². The summed E-state index contributed by atoms with van der Waals surface area (Å²) in [6.07, 6.45) is 1.18. The maximum Gasteiger partial charge on any atom is 0.137 e. The molecule has 2 saturated carbocycles. The topological polar surface area (TPSA) is 37.3 Å². The van der Waals surface area contributed by atoms with E-state index in [9.17, 15) is 9.90 Å². The monoisotopic (exact) mass is 168 g/mol. The van der Waals surface area contributed by atoms with E-state index in [2.05, 4.69) is 0 Å². The fraction of sp³-hybridized carbons (Fsp3) is 0.900. The summed E-state index contributed by atoms with van der Waals surface area (Å²) in [7, 11) is 0. The Balaban J connectivity index is 2.42. The lowest BCUT2D eigenvalue weighted by molar-refractivity contribution is -0.133. The molecule has 0 radical (unpaired) electrons. The Bertz CT molecular complexity index is 239. The summed E-state index contributed by atoms with van der Waals surface area (Å²) in [5, 5.41) is 9.97. The molecule has 0 saturated heterocycles. The van der Waals surface area contributed by atoms with Crippen LogP contribution in [0, 0.1) is 16.7 Å². The smallest absolute Gasteiger partial charge is 0.137 e. The molecule has 68 valence electrons. The van der Waals surface area contributed by atoms with Gasteiger partial charge >= 0.3 is 0 Å². The molecule has 0 aromatic carbocycles. The fourth-order valence-corrected chi connectivity index (χ4v) is 3.15. The van der Waals surface area contributed by atoms with Crippen LogP contribution in [0.1, 0.15) is 33.6 Å². The van der Waals surface area contributed by atoms with Crippen molar-refractivity contribution in [3.8, 4) is 0 Å². The van der Waals surface area contributed by atoms with Crippen molar-refractivity contribution in [1.29, 1.82) is 0 Å². The second-order valence-corrected chi connectivity index (χ2v) is 5.28. The Hall–Kier alpha value is -0.370. The molecule has 0 aliphatic heterocycles. The zero-order valence-electron chi connectivity index (χ0n) is 7.92. The van der Waals surface area contributed by atoms with Crippen molar-refractivity contribution in [3.63, 3.8) is 0 Å². The van der Waals surface area contributed by atoms with Crippen LogP contribution in [0.3, 0.4) is 0 Å². The summed E-state index contributed by atoms with van der Waals surface area (Å²) in [6.45, 7) is 6.04. The fourth-order valence-electron chi connectivity index (χ4n) is 3.15. The highest BCUT2D eigenvalue weighted by Crippen LogP contribution is 2.60. The standard InChI is InChI=1S/C10H16O2/c1-9(2)6-4-10(3,8(9)12)5-7(6)11/h6,8,12H,4-5H2,1-3H3. The van der Waals surface area contributed by atoms with Crippen molar-refractivity contribution in [1.82, 2.24) is 0 Å². The number of Topliss-reactive ketones (excluding diaryl/α,β-unsaturated/α-hetero) is 1. The van der Waals surface area contributed by atoms with Gasteiger partial charge in [0.2, 0.25) is 0 Å². The van der Waals surface area contributed by atoms with Crippen molar-refractivity contribution < 1.29 is 9.90 Å². The summed E-state index contributed by atoms with van der Waals surface area (Å²) in [5.41, 5.74) is -0.310. The van der Waals surface area contributed by atoms with Crippen LogP contribution < -0.4 is 0 Å². The molecule has 0 amide bonds. The molecule has 2 aliphatic rings. The average Bonchev–Trinajstić information content (AvgIpc) is 2.32. The van der Waals surface area contributed by atoms with Gasteiger partial charge < -0.3 is 5.11 Å². The van der Waals surface area contributed by atoms with Gasteiger partial charge in [0.25, 0.3) is 0 Å². The van der Waals surface area contributed by atoms with Crippen LogP contribution in [-0.2, 0) is 4.79 Å². The Morgan fingerprint density at radius 3 is 2.33 bits per heavy atom. The number of ketones is 1. The van der Waals surface area contributed by atoms with Gasteiger partial charge in [-0.15, -0.1) is 0 Å². The second-order valence-electron chi connectivity index (χ2n) is 5.28. The Morgan fingerprint density at radius 1 is 1.42 bits per heavy atom. The van der Waals surface area contributed by atoms with Gasteiger partial charge in [-0.1, -0.05) is 20.8 Å². The van der Waals surface area contributed by atoms with Crippen LogP contribution >= 0.6 is 0 Å². The van der Waals surface area contributed by atoms with Crippen molar-refractivity contribution in [3.05, 3.63) is 0 Å². The summed E-state index contributed by atoms with van der Waals surface area (Å²) in [5.74, 6) is 0.463. The first kappa shape index (κ1) is 8.24. The van der Waals surface area contributed by atoms with Crippen molar-refractivity contribution in [2.75, 3.05) is 0 Å². The number of carbonyl (C=O) groups excluding carboxylic acids is 1. The molecule has 3 unspecified atom stereocenters. The van der Waals surface area contributed by atoms with Crippen LogP contribution in [-0.4, -0.2) is 17.0 Å². The van der Waals surface area contributed by atoms with Crippen molar-refractivity contribution in [2.45, 2.75) is 39.7 Å². The van der Waals surface area contributed by atoms with Crippen LogP contribution in [0.15, 0.2) is 0 Å². The first-order valence-corrected chi connectivity index (χ1v) is 4.59. The van der Waals surface area contributed by atoms with Gasteiger partial charge in [-0.25, -0.2) is 0 Å². The van der Waals surface area contributed by atoms with Gasteiger partial charge in [0, 0.05) is 23.2 Å². The lowest BCUT2D eigenvalue weighted by atomic mass is 9.70. The number of aliphatic hydroxyl groups is 1. The van der Waals surface area contributed by atoms with Gasteiger partial charge in [0.15, 0.2) is 0 Å². The van der Waals surface area contributed by atoms with E-state index in [4.69, 9.17) is 0 Å². The van der Waals surface area contributed by atoms with E-state index < -0.39 is 0 Å². The third-order valence-corrected chi connectivity index (χ3v) is 3.90. The van der Waals surface area contributed by atoms with E-state index in [0.29, 0.717) is 12.2 Å². The SMILES string of the molecule is CC12CC(=O)C(C1)C(C)(C)C2O. The minimum Gasteiger partial charge on any atom is -0.392 e. The van der Waals surface area contributed by atoms with Gasteiger partial charge in [-0.2, -0.15) is 0 Å². The van der Waals surface area contributed by atoms with Crippen LogP contribution in [0.2, 0.25) is 0 Å². The molecule has 2 aliphatic carbocycles. The Kier molecular flexibility index (Phi) is 1.32. The van der Waals surface area contributed by atoms with E-state index in [0.717, 1.165) is 6.42 Å². The Labute approximate surface area is 73.0 Å². The molecule has 2 nitrogen and oxygen atoms in total. The molecule has 2 heteroatoms. The number of aliphatic hydroxyl groups excluding tert-OH is 1. The van der Waals surface area contributed by atoms with E-state index in [1.165, 1.54) is 0 Å². The molecule has 2 fully saturated rings. The number of rotatable bonds is 0. The lowest BCUT2D eigenvalue weighted by Crippen LogP contribution is -2.43. The molecule has 2 bridgehead atoms. The lowest BCUT2D eigenvalue weighted by Gasteiger charge is -2.38. The number of hydrogen-bond donors (Lipinski definition) is 1. The van der Waals surface area contributed by atoms with Gasteiger partial charge in [-0.05, 0) is 6.42 Å². The van der Waals surface area contributed by atoms with E-state index in [1.807, 2.05) is 20.8 Å². The largest absolute Gasteiger partial charge is 0.392 e. The minimum absolute atomic E-state index is 0.109. The van der Waals surface area contributed by atoms with Gasteiger partial charge in [0.05, 0.1) is 6.10 Å². The normalized spacial score (nSPS) is 50.2. The molecule has 0 aromatic rings. The molecule has 1 N–H and O–H groups in total. The highest BCUT2D eigenvalue weighted by atomic mass is 16.3. The molecule has 3 atom stereocenters. The average molecular weight is 168 g/mol. The molecule has 12 heavy (non-hydrogen) atoms. The number of carbonyl (C=O) groups is 1.